The van der Waals surface area contributed by atoms with E-state index in [0.717, 1.165) is 5.56 Å². The van der Waals surface area contributed by atoms with Gasteiger partial charge in [-0.2, -0.15) is 0 Å². The standard InChI is InChI=1S/C42H66N10O7/c1-26(2)22-30(44)36(53)50-34(24-28-14-7-5-8-15-28)40(57)52-35(25-29-16-9-6-10-17-29)39(56)48-31(19-13-21-47-42(45)46)37(54)51-33(23-27(3)4)38(55)49-32(41(58)59)18-11-12-20-43/h5-10,14-17,26-27,30-35H,11-13,18-25,43-44H2,1-4H3,(H,48,56)(H,49,55)(H,50,53)(H,51,54)(H,52,57)(H,58,59)(H4,45,46,47)/t30-,31-,32-,33-,34-,35-/m0/s1. The van der Waals surface area contributed by atoms with Crippen LogP contribution in [0.3, 0.4) is 0 Å². The molecule has 0 bridgehead atoms. The molecule has 2 aromatic carbocycles. The number of carboxylic acids is 1. The molecule has 0 unspecified atom stereocenters. The predicted molar refractivity (Wildman–Crippen MR) is 227 cm³/mol. The average molecular weight is 823 g/mol. The summed E-state index contributed by atoms with van der Waals surface area (Å²) in [7, 11) is 0. The van der Waals surface area contributed by atoms with E-state index in [9.17, 15) is 33.9 Å². The van der Waals surface area contributed by atoms with Crippen LogP contribution in [0, 0.1) is 11.8 Å². The van der Waals surface area contributed by atoms with Crippen molar-refractivity contribution in [2.45, 2.75) is 122 Å². The fraction of sp³-hybridized carbons (Fsp3) is 0.548. The number of aliphatic carboxylic acids is 1. The lowest BCUT2D eigenvalue weighted by Crippen LogP contribution is -2.60. The number of amides is 5. The van der Waals surface area contributed by atoms with Crippen LogP contribution >= 0.6 is 0 Å². The van der Waals surface area contributed by atoms with E-state index in [1.165, 1.54) is 0 Å². The maximum Gasteiger partial charge on any atom is 0.326 e. The molecule has 0 saturated heterocycles. The summed E-state index contributed by atoms with van der Waals surface area (Å²) in [5.41, 5.74) is 24.2. The van der Waals surface area contributed by atoms with Crippen molar-refractivity contribution >= 4 is 41.5 Å². The zero-order valence-electron chi connectivity index (χ0n) is 34.8. The Morgan fingerprint density at radius 2 is 1.00 bits per heavy atom. The number of benzene rings is 2. The Balaban J connectivity index is 2.45. The van der Waals surface area contributed by atoms with Crippen LogP contribution in [0.2, 0.25) is 0 Å². The number of carbonyl (C=O) groups is 6. The number of hydrogen-bond donors (Lipinski definition) is 10. The third kappa shape index (κ3) is 19.6. The fourth-order valence-corrected chi connectivity index (χ4v) is 6.33. The summed E-state index contributed by atoms with van der Waals surface area (Å²) in [4.78, 5) is 85.1. The Labute approximate surface area is 347 Å². The number of nitrogens with zero attached hydrogens (tertiary/aromatic N) is 1. The predicted octanol–water partition coefficient (Wildman–Crippen LogP) is 0.583. The second-order valence-corrected chi connectivity index (χ2v) is 15.6. The first kappa shape index (κ1) is 49.6. The number of nitrogens with two attached hydrogens (primary N) is 4. The van der Waals surface area contributed by atoms with Gasteiger partial charge >= 0.3 is 5.97 Å². The van der Waals surface area contributed by atoms with Crippen molar-refractivity contribution in [2.24, 2.45) is 39.8 Å². The highest BCUT2D eigenvalue weighted by molar-refractivity contribution is 5.96. The number of nitrogens with one attached hydrogen (secondary N) is 5. The molecule has 0 radical (unpaired) electrons. The third-order valence-corrected chi connectivity index (χ3v) is 9.37. The van der Waals surface area contributed by atoms with E-state index < -0.39 is 71.8 Å². The summed E-state index contributed by atoms with van der Waals surface area (Å²) < 4.78 is 0. The van der Waals surface area contributed by atoms with Crippen molar-refractivity contribution in [1.29, 1.82) is 0 Å². The van der Waals surface area contributed by atoms with Crippen LogP contribution in [0.25, 0.3) is 0 Å². The van der Waals surface area contributed by atoms with Gasteiger partial charge in [-0.15, -0.1) is 0 Å². The SMILES string of the molecule is CC(C)C[C@H](NC(=O)[C@H](CCCN=C(N)N)NC(=O)[C@H](Cc1ccccc1)NC(=O)[C@H](Cc1ccccc1)NC(=O)[C@@H](N)CC(C)C)C(=O)N[C@@H](CCCCN)C(=O)O. The summed E-state index contributed by atoms with van der Waals surface area (Å²) in [6, 6.07) is 11.3. The first-order valence-corrected chi connectivity index (χ1v) is 20.3. The lowest BCUT2D eigenvalue weighted by molar-refractivity contribution is -0.142. The van der Waals surface area contributed by atoms with Crippen LogP contribution in [-0.4, -0.2) is 95.9 Å². The molecule has 0 saturated carbocycles. The molecular formula is C42H66N10O7. The van der Waals surface area contributed by atoms with Crippen molar-refractivity contribution in [3.63, 3.8) is 0 Å². The summed E-state index contributed by atoms with van der Waals surface area (Å²) in [5.74, 6) is -4.59. The Morgan fingerprint density at radius 1 is 0.576 bits per heavy atom. The molecule has 0 aliphatic rings. The normalized spacial score (nSPS) is 14.2. The Bertz CT molecular complexity index is 1660. The van der Waals surface area contributed by atoms with Gasteiger partial charge in [-0.05, 0) is 74.5 Å². The number of carbonyl (C=O) groups excluding carboxylic acids is 5. The maximum atomic E-state index is 14.3. The molecule has 0 aliphatic carbocycles. The second-order valence-electron chi connectivity index (χ2n) is 15.6. The van der Waals surface area contributed by atoms with Gasteiger partial charge in [-0.3, -0.25) is 29.0 Å². The number of carboxylic acid groups (broad SMARTS) is 1. The zero-order valence-corrected chi connectivity index (χ0v) is 34.8. The van der Waals surface area contributed by atoms with Crippen LogP contribution in [0.4, 0.5) is 0 Å². The Morgan fingerprint density at radius 3 is 1.47 bits per heavy atom. The number of unbranched alkanes of at least 4 members (excludes halogenated alkanes) is 1. The smallest absolute Gasteiger partial charge is 0.326 e. The molecule has 0 spiro atoms. The second kappa shape index (κ2) is 26.5. The van der Waals surface area contributed by atoms with E-state index in [4.69, 9.17) is 22.9 Å². The number of rotatable bonds is 27. The van der Waals surface area contributed by atoms with Crippen LogP contribution in [0.15, 0.2) is 65.7 Å². The van der Waals surface area contributed by atoms with Crippen molar-refractivity contribution in [1.82, 2.24) is 26.6 Å². The Hall–Kier alpha value is -5.55. The van der Waals surface area contributed by atoms with Crippen molar-refractivity contribution in [3.05, 3.63) is 71.8 Å². The Kier molecular flexibility index (Phi) is 22.2. The first-order valence-electron chi connectivity index (χ1n) is 20.3. The van der Waals surface area contributed by atoms with Crippen molar-refractivity contribution in [2.75, 3.05) is 13.1 Å². The van der Waals surface area contributed by atoms with Gasteiger partial charge in [0.25, 0.3) is 0 Å². The van der Waals surface area contributed by atoms with Gasteiger partial charge < -0.3 is 54.6 Å². The monoisotopic (exact) mass is 823 g/mol. The highest BCUT2D eigenvalue weighted by Gasteiger charge is 2.33. The molecule has 6 atom stereocenters. The summed E-state index contributed by atoms with van der Waals surface area (Å²) in [6.45, 7) is 8.06. The minimum Gasteiger partial charge on any atom is -0.480 e. The number of aliphatic imine (C=N–C) groups is 1. The van der Waals surface area contributed by atoms with Gasteiger partial charge in [-0.25, -0.2) is 4.79 Å². The highest BCUT2D eigenvalue weighted by Crippen LogP contribution is 2.12. The molecule has 0 fully saturated rings. The molecule has 17 nitrogen and oxygen atoms in total. The van der Waals surface area contributed by atoms with E-state index in [1.54, 1.807) is 24.3 Å². The summed E-state index contributed by atoms with van der Waals surface area (Å²) >= 11 is 0. The van der Waals surface area contributed by atoms with Gasteiger partial charge in [0.05, 0.1) is 6.04 Å². The summed E-state index contributed by atoms with van der Waals surface area (Å²) in [5, 5.41) is 23.4. The number of hydrogen-bond acceptors (Lipinski definition) is 9. The largest absolute Gasteiger partial charge is 0.480 e. The molecule has 326 valence electrons. The van der Waals surface area contributed by atoms with E-state index in [0.29, 0.717) is 31.4 Å². The molecule has 17 heteroatoms. The number of guanidine groups is 1. The van der Waals surface area contributed by atoms with Gasteiger partial charge in [0.15, 0.2) is 5.96 Å². The van der Waals surface area contributed by atoms with Crippen molar-refractivity contribution < 1.29 is 33.9 Å². The first-order chi connectivity index (χ1) is 28.0. The lowest BCUT2D eigenvalue weighted by atomic mass is 10.00. The minimum absolute atomic E-state index is 0.0265. The molecule has 2 aromatic rings. The molecular weight excluding hydrogens is 757 g/mol. The minimum atomic E-state index is -1.23. The molecule has 0 heterocycles. The van der Waals surface area contributed by atoms with Gasteiger partial charge in [0.2, 0.25) is 29.5 Å². The van der Waals surface area contributed by atoms with E-state index in [-0.39, 0.29) is 62.9 Å². The van der Waals surface area contributed by atoms with Gasteiger partial charge in [0.1, 0.15) is 30.2 Å². The van der Waals surface area contributed by atoms with E-state index in [1.807, 2.05) is 64.1 Å². The molecule has 59 heavy (non-hydrogen) atoms. The van der Waals surface area contributed by atoms with Crippen LogP contribution < -0.4 is 49.5 Å². The van der Waals surface area contributed by atoms with Gasteiger partial charge in [0, 0.05) is 19.4 Å². The molecule has 5 amide bonds. The topological polar surface area (TPSA) is 299 Å². The van der Waals surface area contributed by atoms with Crippen LogP contribution in [0.5, 0.6) is 0 Å². The average Bonchev–Trinajstić information content (AvgIpc) is 3.17. The molecule has 0 aliphatic heterocycles. The van der Waals surface area contributed by atoms with Crippen LogP contribution in [-0.2, 0) is 41.6 Å². The quantitative estimate of drug-likeness (QED) is 0.0338. The third-order valence-electron chi connectivity index (χ3n) is 9.37. The fourth-order valence-electron chi connectivity index (χ4n) is 6.33. The summed E-state index contributed by atoms with van der Waals surface area (Å²) in [6.07, 6.45) is 2.19. The molecule has 14 N–H and O–H groups in total. The van der Waals surface area contributed by atoms with E-state index in [2.05, 4.69) is 31.6 Å². The van der Waals surface area contributed by atoms with Crippen LogP contribution in [0.1, 0.15) is 83.8 Å². The zero-order chi connectivity index (χ0) is 43.9. The van der Waals surface area contributed by atoms with E-state index >= 15 is 0 Å². The molecule has 0 aromatic heterocycles. The maximum absolute atomic E-state index is 14.3. The van der Waals surface area contributed by atoms with Gasteiger partial charge in [-0.1, -0.05) is 88.4 Å². The van der Waals surface area contributed by atoms with Crippen molar-refractivity contribution in [3.8, 4) is 0 Å². The highest BCUT2D eigenvalue weighted by atomic mass is 16.4. The lowest BCUT2D eigenvalue weighted by Gasteiger charge is -2.28. The molecule has 2 rings (SSSR count).